The molecule has 0 bridgehead atoms. The quantitative estimate of drug-likeness (QED) is 0.853. The van der Waals surface area contributed by atoms with E-state index in [0.717, 1.165) is 31.9 Å². The van der Waals surface area contributed by atoms with Gasteiger partial charge in [-0.2, -0.15) is 0 Å². The SMILES string of the molecule is CS(=O)(=O)c1ccccc1C(=O)NC1CCN(C(=O)C2CCCCC2)CC1. The van der Waals surface area contributed by atoms with Crippen LogP contribution in [0.5, 0.6) is 0 Å². The average Bonchev–Trinajstić information content (AvgIpc) is 2.68. The summed E-state index contributed by atoms with van der Waals surface area (Å²) in [4.78, 5) is 27.2. The first kappa shape index (κ1) is 19.9. The van der Waals surface area contributed by atoms with Gasteiger partial charge < -0.3 is 10.2 Å². The van der Waals surface area contributed by atoms with E-state index in [2.05, 4.69) is 5.32 Å². The molecular formula is C20H28N2O4S. The van der Waals surface area contributed by atoms with Crippen molar-refractivity contribution < 1.29 is 18.0 Å². The summed E-state index contributed by atoms with van der Waals surface area (Å²) < 4.78 is 23.8. The third-order valence-electron chi connectivity index (χ3n) is 5.63. The van der Waals surface area contributed by atoms with E-state index < -0.39 is 9.84 Å². The molecule has 1 saturated heterocycles. The summed E-state index contributed by atoms with van der Waals surface area (Å²) in [5.41, 5.74) is 0.181. The minimum atomic E-state index is -3.47. The Labute approximate surface area is 161 Å². The maximum Gasteiger partial charge on any atom is 0.252 e. The van der Waals surface area contributed by atoms with Gasteiger partial charge in [-0.25, -0.2) is 8.42 Å². The number of benzene rings is 1. The highest BCUT2D eigenvalue weighted by Gasteiger charge is 2.30. The van der Waals surface area contributed by atoms with Crippen LogP contribution in [0.1, 0.15) is 55.3 Å². The lowest BCUT2D eigenvalue weighted by Gasteiger charge is -2.35. The lowest BCUT2D eigenvalue weighted by molar-refractivity contribution is -0.137. The van der Waals surface area contributed by atoms with E-state index in [1.165, 1.54) is 18.6 Å². The van der Waals surface area contributed by atoms with Crippen LogP contribution >= 0.6 is 0 Å². The number of carbonyl (C=O) groups is 2. The highest BCUT2D eigenvalue weighted by molar-refractivity contribution is 7.90. The number of sulfone groups is 1. The van der Waals surface area contributed by atoms with Crippen LogP contribution < -0.4 is 5.32 Å². The molecule has 3 rings (SSSR count). The highest BCUT2D eigenvalue weighted by Crippen LogP contribution is 2.26. The van der Waals surface area contributed by atoms with Crippen molar-refractivity contribution in [2.75, 3.05) is 19.3 Å². The van der Waals surface area contributed by atoms with Crippen LogP contribution in [0.3, 0.4) is 0 Å². The Morgan fingerprint density at radius 1 is 1.00 bits per heavy atom. The monoisotopic (exact) mass is 392 g/mol. The zero-order valence-corrected chi connectivity index (χ0v) is 16.6. The predicted molar refractivity (Wildman–Crippen MR) is 103 cm³/mol. The molecule has 0 radical (unpaired) electrons. The molecule has 2 fully saturated rings. The second kappa shape index (κ2) is 8.42. The largest absolute Gasteiger partial charge is 0.349 e. The number of hydrogen-bond acceptors (Lipinski definition) is 4. The van der Waals surface area contributed by atoms with Crippen LogP contribution in [0.25, 0.3) is 0 Å². The smallest absolute Gasteiger partial charge is 0.252 e. The van der Waals surface area contributed by atoms with Gasteiger partial charge in [0.2, 0.25) is 5.91 Å². The normalized spacial score (nSPS) is 19.7. The summed E-state index contributed by atoms with van der Waals surface area (Å²) in [6.45, 7) is 1.29. The van der Waals surface area contributed by atoms with E-state index in [-0.39, 0.29) is 34.2 Å². The topological polar surface area (TPSA) is 83.6 Å². The number of carbonyl (C=O) groups excluding carboxylic acids is 2. The first-order valence-electron chi connectivity index (χ1n) is 9.75. The number of rotatable bonds is 4. The second-order valence-electron chi connectivity index (χ2n) is 7.68. The van der Waals surface area contributed by atoms with Crippen LogP contribution in [0.4, 0.5) is 0 Å². The van der Waals surface area contributed by atoms with E-state index in [9.17, 15) is 18.0 Å². The maximum atomic E-state index is 12.6. The molecule has 0 aromatic heterocycles. The van der Waals surface area contributed by atoms with E-state index in [0.29, 0.717) is 25.9 Å². The zero-order chi connectivity index (χ0) is 19.4. The molecule has 2 aliphatic rings. The van der Waals surface area contributed by atoms with Crippen molar-refractivity contribution in [2.24, 2.45) is 5.92 Å². The first-order chi connectivity index (χ1) is 12.9. The van der Waals surface area contributed by atoms with Crippen LogP contribution in [-0.2, 0) is 14.6 Å². The Hall–Kier alpha value is -1.89. The molecule has 2 amide bonds. The number of likely N-dealkylation sites (tertiary alicyclic amines) is 1. The molecule has 1 aliphatic heterocycles. The van der Waals surface area contributed by atoms with Crippen LogP contribution in [-0.4, -0.2) is 50.5 Å². The molecule has 1 aromatic carbocycles. The number of amides is 2. The van der Waals surface area contributed by atoms with Gasteiger partial charge in [-0.15, -0.1) is 0 Å². The Kier molecular flexibility index (Phi) is 6.19. The summed E-state index contributed by atoms with van der Waals surface area (Å²) in [5.74, 6) is 0.0708. The van der Waals surface area contributed by atoms with Crippen molar-refractivity contribution in [3.8, 4) is 0 Å². The molecule has 1 N–H and O–H groups in total. The molecule has 0 atom stereocenters. The van der Waals surface area contributed by atoms with Crippen LogP contribution in [0, 0.1) is 5.92 Å². The fourth-order valence-corrected chi connectivity index (χ4v) is 4.98. The molecular weight excluding hydrogens is 364 g/mol. The number of piperidine rings is 1. The predicted octanol–water partition coefficient (Wildman–Crippen LogP) is 2.39. The lowest BCUT2D eigenvalue weighted by Crippen LogP contribution is -2.48. The Balaban J connectivity index is 1.57. The van der Waals surface area contributed by atoms with E-state index in [1.807, 2.05) is 4.90 Å². The van der Waals surface area contributed by atoms with E-state index in [4.69, 9.17) is 0 Å². The molecule has 27 heavy (non-hydrogen) atoms. The molecule has 6 nitrogen and oxygen atoms in total. The third-order valence-corrected chi connectivity index (χ3v) is 6.78. The molecule has 1 aliphatic carbocycles. The van der Waals surface area contributed by atoms with Gasteiger partial charge in [0.15, 0.2) is 9.84 Å². The number of nitrogens with zero attached hydrogens (tertiary/aromatic N) is 1. The van der Waals surface area contributed by atoms with Crippen LogP contribution in [0.15, 0.2) is 29.2 Å². The van der Waals surface area contributed by atoms with Gasteiger partial charge in [0.05, 0.1) is 10.5 Å². The summed E-state index contributed by atoms with van der Waals surface area (Å²) in [6.07, 6.45) is 8.01. The maximum absolute atomic E-state index is 12.6. The van der Waals surface area contributed by atoms with Crippen molar-refractivity contribution >= 4 is 21.7 Å². The van der Waals surface area contributed by atoms with Gasteiger partial charge in [-0.1, -0.05) is 31.4 Å². The molecule has 1 aromatic rings. The zero-order valence-electron chi connectivity index (χ0n) is 15.8. The standard InChI is InChI=1S/C20H28N2O4S/c1-27(25,26)18-10-6-5-9-17(18)19(23)21-16-11-13-22(14-12-16)20(24)15-7-3-2-4-8-15/h5-6,9-10,15-16H,2-4,7-8,11-14H2,1H3,(H,21,23). The summed E-state index contributed by atoms with van der Waals surface area (Å²) in [6, 6.07) is 6.22. The van der Waals surface area contributed by atoms with Gasteiger partial charge in [-0.3, -0.25) is 9.59 Å². The minimum Gasteiger partial charge on any atom is -0.349 e. The van der Waals surface area contributed by atoms with Crippen molar-refractivity contribution in [2.45, 2.75) is 55.9 Å². The summed E-state index contributed by atoms with van der Waals surface area (Å²) in [5, 5.41) is 2.95. The van der Waals surface area contributed by atoms with Gasteiger partial charge in [0.25, 0.3) is 5.91 Å². The Bertz CT molecular complexity index is 792. The summed E-state index contributed by atoms with van der Waals surface area (Å²) >= 11 is 0. The molecule has 1 saturated carbocycles. The second-order valence-corrected chi connectivity index (χ2v) is 9.66. The van der Waals surface area contributed by atoms with Gasteiger partial charge in [0.1, 0.15) is 0 Å². The Morgan fingerprint density at radius 3 is 2.26 bits per heavy atom. The first-order valence-corrected chi connectivity index (χ1v) is 11.6. The molecule has 0 spiro atoms. The van der Waals surface area contributed by atoms with Gasteiger partial charge in [0, 0.05) is 31.3 Å². The lowest BCUT2D eigenvalue weighted by atomic mass is 9.87. The van der Waals surface area contributed by atoms with Crippen molar-refractivity contribution in [3.63, 3.8) is 0 Å². The average molecular weight is 393 g/mol. The fraction of sp³-hybridized carbons (Fsp3) is 0.600. The van der Waals surface area contributed by atoms with Gasteiger partial charge >= 0.3 is 0 Å². The molecule has 148 valence electrons. The molecule has 7 heteroatoms. The number of nitrogens with one attached hydrogen (secondary N) is 1. The third kappa shape index (κ3) is 4.89. The fourth-order valence-electron chi connectivity index (χ4n) is 4.09. The van der Waals surface area contributed by atoms with Crippen LogP contribution in [0.2, 0.25) is 0 Å². The summed E-state index contributed by atoms with van der Waals surface area (Å²) in [7, 11) is -3.47. The molecule has 0 unspecified atom stereocenters. The van der Waals surface area contributed by atoms with Crippen molar-refractivity contribution in [1.29, 1.82) is 0 Å². The van der Waals surface area contributed by atoms with E-state index >= 15 is 0 Å². The minimum absolute atomic E-state index is 0.0412. The molecule has 1 heterocycles. The Morgan fingerprint density at radius 2 is 1.63 bits per heavy atom. The van der Waals surface area contributed by atoms with Crippen molar-refractivity contribution in [1.82, 2.24) is 10.2 Å². The van der Waals surface area contributed by atoms with Crippen molar-refractivity contribution in [3.05, 3.63) is 29.8 Å². The number of hydrogen-bond donors (Lipinski definition) is 1. The van der Waals surface area contributed by atoms with E-state index in [1.54, 1.807) is 12.1 Å². The highest BCUT2D eigenvalue weighted by atomic mass is 32.2. The van der Waals surface area contributed by atoms with Gasteiger partial charge in [-0.05, 0) is 37.8 Å².